The lowest BCUT2D eigenvalue weighted by Crippen LogP contribution is -2.44. The summed E-state index contributed by atoms with van der Waals surface area (Å²) in [5.41, 5.74) is 0.280. The van der Waals surface area contributed by atoms with Gasteiger partial charge in [0.2, 0.25) is 0 Å². The van der Waals surface area contributed by atoms with Crippen LogP contribution in [-0.4, -0.2) is 28.7 Å². The average molecular weight is 178 g/mol. The molecule has 0 amide bonds. The van der Waals surface area contributed by atoms with Crippen molar-refractivity contribution in [3.8, 4) is 0 Å². The third-order valence-electron chi connectivity index (χ3n) is 1.63. The van der Waals surface area contributed by atoms with Crippen LogP contribution in [0.15, 0.2) is 30.3 Å². The van der Waals surface area contributed by atoms with Gasteiger partial charge in [0.15, 0.2) is 0 Å². The molecule has 0 atom stereocenters. The molecule has 0 bridgehead atoms. The van der Waals surface area contributed by atoms with E-state index in [0.29, 0.717) is 0 Å². The number of hydrogen-bond acceptors (Lipinski definition) is 2. The first-order chi connectivity index (χ1) is 6.13. The largest absolute Gasteiger partial charge is 0.488 e. The normalized spacial score (nSPS) is 9.23. The fourth-order valence-corrected chi connectivity index (χ4v) is 1.04. The molecule has 1 rings (SSSR count). The second-order valence-electron chi connectivity index (χ2n) is 2.52. The van der Waals surface area contributed by atoms with Crippen LogP contribution in [-0.2, 0) is 0 Å². The molecule has 0 fully saturated rings. The van der Waals surface area contributed by atoms with Gasteiger partial charge in [-0.3, -0.25) is 9.59 Å². The maximum absolute atomic E-state index is 10.6. The fourth-order valence-electron chi connectivity index (χ4n) is 1.04. The molecule has 2 N–H and O–H groups in total. The molecule has 0 heterocycles. The Hall–Kier alpha value is -1.78. The van der Waals surface area contributed by atoms with Crippen LogP contribution in [0.25, 0.3) is 0 Å². The third kappa shape index (κ3) is 2.08. The molecule has 13 heavy (non-hydrogen) atoms. The number of carboxylic acid groups (broad SMARTS) is 2. The first-order valence-corrected chi connectivity index (χ1v) is 3.63. The molecule has 0 saturated heterocycles. The van der Waals surface area contributed by atoms with Crippen molar-refractivity contribution < 1.29 is 19.8 Å². The molecular weight excluding hydrogens is 171 g/mol. The average Bonchev–Trinajstić information content (AvgIpc) is 2.04. The number of rotatable bonds is 3. The van der Waals surface area contributed by atoms with Gasteiger partial charge in [-0.05, 0) is 0 Å². The summed E-state index contributed by atoms with van der Waals surface area (Å²) in [7, 11) is 0. The van der Waals surface area contributed by atoms with Crippen LogP contribution in [0.5, 0.6) is 0 Å². The van der Waals surface area contributed by atoms with Crippen molar-refractivity contribution in [1.82, 2.24) is 0 Å². The van der Waals surface area contributed by atoms with Crippen LogP contribution in [0.4, 0.5) is 9.59 Å². The molecule has 0 aliphatic carbocycles. The molecule has 0 radical (unpaired) electrons. The van der Waals surface area contributed by atoms with Gasteiger partial charge >= 0.3 is 6.71 Å². The number of carbonyl (C=O) groups is 2. The van der Waals surface area contributed by atoms with Gasteiger partial charge in [-0.2, -0.15) is 0 Å². The van der Waals surface area contributed by atoms with Gasteiger partial charge < -0.3 is 10.2 Å². The first kappa shape index (κ1) is 9.31. The summed E-state index contributed by atoms with van der Waals surface area (Å²) in [6.07, 6.45) is 0. The van der Waals surface area contributed by atoms with E-state index in [9.17, 15) is 9.59 Å². The fraction of sp³-hybridized carbons (Fsp3) is 0. The van der Waals surface area contributed by atoms with E-state index in [1.807, 2.05) is 0 Å². The van der Waals surface area contributed by atoms with E-state index >= 15 is 0 Å². The van der Waals surface area contributed by atoms with Crippen LogP contribution in [0.3, 0.4) is 0 Å². The zero-order valence-electron chi connectivity index (χ0n) is 6.68. The minimum atomic E-state index is -1.47. The predicted octanol–water partition coefficient (Wildman–Crippen LogP) is 0.908. The standard InChI is InChI=1S/C8H7BO4/c10-7(11)9(8(12)13)6-4-2-1-3-5-6/h1-5H,(H,10,11)(H,12,13). The Morgan fingerprint density at radius 3 is 1.85 bits per heavy atom. The lowest BCUT2D eigenvalue weighted by molar-refractivity contribution is 0.212. The number of hydrogen-bond donors (Lipinski definition) is 2. The lowest BCUT2D eigenvalue weighted by atomic mass is 9.45. The summed E-state index contributed by atoms with van der Waals surface area (Å²) in [6, 6.07) is 7.87. The molecule has 0 unspecified atom stereocenters. The molecule has 0 saturated carbocycles. The Morgan fingerprint density at radius 1 is 1.00 bits per heavy atom. The van der Waals surface area contributed by atoms with E-state index in [1.165, 1.54) is 12.1 Å². The summed E-state index contributed by atoms with van der Waals surface area (Å²) >= 11 is 0. The van der Waals surface area contributed by atoms with E-state index in [2.05, 4.69) is 0 Å². The van der Waals surface area contributed by atoms with Crippen LogP contribution in [0.1, 0.15) is 0 Å². The molecule has 66 valence electrons. The van der Waals surface area contributed by atoms with Gasteiger partial charge in [0, 0.05) is 0 Å². The minimum Gasteiger partial charge on any atom is -0.488 e. The van der Waals surface area contributed by atoms with E-state index in [0.717, 1.165) is 0 Å². The monoisotopic (exact) mass is 178 g/mol. The van der Waals surface area contributed by atoms with Gasteiger partial charge in [0.05, 0.1) is 0 Å². The molecule has 0 aromatic heterocycles. The van der Waals surface area contributed by atoms with Crippen LogP contribution in [0, 0.1) is 0 Å². The zero-order valence-corrected chi connectivity index (χ0v) is 6.68. The quantitative estimate of drug-likeness (QED) is 0.674. The van der Waals surface area contributed by atoms with Crippen LogP contribution < -0.4 is 5.46 Å². The van der Waals surface area contributed by atoms with Gasteiger partial charge in [0.1, 0.15) is 0 Å². The van der Waals surface area contributed by atoms with Crippen molar-refractivity contribution in [2.45, 2.75) is 0 Å². The molecule has 1 aromatic carbocycles. The smallest absolute Gasteiger partial charge is 0.439 e. The second-order valence-corrected chi connectivity index (χ2v) is 2.52. The van der Waals surface area contributed by atoms with Crippen molar-refractivity contribution in [1.29, 1.82) is 0 Å². The Morgan fingerprint density at radius 2 is 1.46 bits per heavy atom. The molecule has 0 aliphatic heterocycles. The topological polar surface area (TPSA) is 74.6 Å². The minimum absolute atomic E-state index is 0.280. The SMILES string of the molecule is O=C(O)B(C(=O)O)c1ccccc1. The van der Waals surface area contributed by atoms with Gasteiger partial charge in [-0.15, -0.1) is 0 Å². The van der Waals surface area contributed by atoms with E-state index in [1.54, 1.807) is 18.2 Å². The highest BCUT2D eigenvalue weighted by molar-refractivity contribution is 7.16. The summed E-state index contributed by atoms with van der Waals surface area (Å²) < 4.78 is 0. The summed E-state index contributed by atoms with van der Waals surface area (Å²) in [5.74, 6) is -2.70. The second kappa shape index (κ2) is 3.75. The highest BCUT2D eigenvalue weighted by Gasteiger charge is 2.34. The van der Waals surface area contributed by atoms with Crippen molar-refractivity contribution in [2.75, 3.05) is 0 Å². The van der Waals surface area contributed by atoms with Crippen molar-refractivity contribution in [3.63, 3.8) is 0 Å². The maximum atomic E-state index is 10.6. The van der Waals surface area contributed by atoms with Gasteiger partial charge in [-0.25, -0.2) is 0 Å². The maximum Gasteiger partial charge on any atom is 0.439 e. The summed E-state index contributed by atoms with van der Waals surface area (Å²) in [6.45, 7) is -1.47. The molecular formula is C8H7BO4. The Labute approximate surface area is 74.9 Å². The van der Waals surface area contributed by atoms with E-state index < -0.39 is 18.5 Å². The first-order valence-electron chi connectivity index (χ1n) is 3.63. The van der Waals surface area contributed by atoms with Crippen LogP contribution >= 0.6 is 0 Å². The molecule has 0 aliphatic rings. The number of benzene rings is 1. The highest BCUT2D eigenvalue weighted by atomic mass is 16.4. The zero-order chi connectivity index (χ0) is 9.84. The Bertz CT molecular complexity index is 308. The Balaban J connectivity index is 3.03. The van der Waals surface area contributed by atoms with Crippen molar-refractivity contribution in [2.24, 2.45) is 0 Å². The van der Waals surface area contributed by atoms with Crippen molar-refractivity contribution in [3.05, 3.63) is 30.3 Å². The van der Waals surface area contributed by atoms with Gasteiger partial charge in [-0.1, -0.05) is 35.8 Å². The van der Waals surface area contributed by atoms with E-state index in [4.69, 9.17) is 10.2 Å². The van der Waals surface area contributed by atoms with Crippen molar-refractivity contribution >= 4 is 23.9 Å². The molecule has 0 spiro atoms. The molecule has 1 aromatic rings. The summed E-state index contributed by atoms with van der Waals surface area (Å²) in [5, 5.41) is 17.2. The van der Waals surface area contributed by atoms with Crippen LogP contribution in [0.2, 0.25) is 0 Å². The lowest BCUT2D eigenvalue weighted by Gasteiger charge is -2.02. The highest BCUT2D eigenvalue weighted by Crippen LogP contribution is 1.91. The molecule has 5 heteroatoms. The predicted molar refractivity (Wildman–Crippen MR) is 47.9 cm³/mol. The summed E-state index contributed by atoms with van der Waals surface area (Å²) in [4.78, 5) is 21.1. The Kier molecular flexibility index (Phi) is 2.69. The van der Waals surface area contributed by atoms with E-state index in [-0.39, 0.29) is 5.46 Å². The molecule has 4 nitrogen and oxygen atoms in total. The van der Waals surface area contributed by atoms with Gasteiger partial charge in [0.25, 0.3) is 11.7 Å². The third-order valence-corrected chi connectivity index (χ3v) is 1.63.